The first-order valence-electron chi connectivity index (χ1n) is 5.11. The van der Waals surface area contributed by atoms with Gasteiger partial charge in [-0.25, -0.2) is 0 Å². The number of carboxylic acid groups (broad SMARTS) is 1. The molecule has 0 radical (unpaired) electrons. The summed E-state index contributed by atoms with van der Waals surface area (Å²) < 4.78 is 0. The maximum atomic E-state index is 10.8. The molecule has 1 aromatic rings. The minimum atomic E-state index is -1.00. The van der Waals surface area contributed by atoms with E-state index in [0.29, 0.717) is 0 Å². The van der Waals surface area contributed by atoms with Gasteiger partial charge in [-0.05, 0) is 6.07 Å². The molecule has 0 amide bonds. The van der Waals surface area contributed by atoms with Crippen LogP contribution in [0.25, 0.3) is 0 Å². The van der Waals surface area contributed by atoms with E-state index in [1.54, 1.807) is 0 Å². The average molecular weight is 286 g/mol. The zero-order chi connectivity index (χ0) is 14.6. The smallest absolute Gasteiger partial charge is 0.307 e. The molecule has 0 bridgehead atoms. The molecule has 0 aliphatic carbocycles. The highest BCUT2D eigenvalue weighted by Crippen LogP contribution is 2.33. The number of aliphatic carboxylic acids is 1. The molecule has 0 fully saturated rings. The highest BCUT2D eigenvalue weighted by Gasteiger charge is 2.21. The van der Waals surface area contributed by atoms with Crippen LogP contribution in [0.5, 0.6) is 0 Å². The minimum Gasteiger partial charge on any atom is -0.481 e. The number of nitrogens with zero attached hydrogens (tertiary/aromatic N) is 2. The fraction of sp³-hybridized carbons (Fsp3) is 0.300. The van der Waals surface area contributed by atoms with Crippen molar-refractivity contribution in [2.24, 2.45) is 5.92 Å². The zero-order valence-electron chi connectivity index (χ0n) is 9.81. The summed E-state index contributed by atoms with van der Waals surface area (Å²) in [6.07, 6.45) is 0. The lowest BCUT2D eigenvalue weighted by atomic mass is 10.2. The van der Waals surface area contributed by atoms with E-state index in [1.165, 1.54) is 13.0 Å². The number of carbonyl (C=O) groups is 1. The topological polar surface area (TPSA) is 124 Å². The van der Waals surface area contributed by atoms with Crippen molar-refractivity contribution in [3.8, 4) is 0 Å². The van der Waals surface area contributed by atoms with E-state index in [1.807, 2.05) is 0 Å². The second-order valence-corrected chi connectivity index (χ2v) is 4.78. The van der Waals surface area contributed by atoms with Crippen molar-refractivity contribution >= 4 is 29.1 Å². The molecule has 0 aliphatic rings. The van der Waals surface area contributed by atoms with E-state index < -0.39 is 27.4 Å². The summed E-state index contributed by atoms with van der Waals surface area (Å²) in [5.41, 5.74) is -0.765. The first-order chi connectivity index (χ1) is 8.82. The fourth-order valence-electron chi connectivity index (χ4n) is 1.17. The molecule has 1 unspecified atom stereocenters. The third-order valence-electron chi connectivity index (χ3n) is 2.26. The molecule has 19 heavy (non-hydrogen) atoms. The Bertz CT molecular complexity index is 533. The molecule has 9 heteroatoms. The number of nitro benzene ring substituents is 2. The van der Waals surface area contributed by atoms with Gasteiger partial charge >= 0.3 is 5.97 Å². The van der Waals surface area contributed by atoms with Crippen molar-refractivity contribution in [2.45, 2.75) is 11.8 Å². The summed E-state index contributed by atoms with van der Waals surface area (Å²) in [7, 11) is 0. The van der Waals surface area contributed by atoms with Gasteiger partial charge in [-0.1, -0.05) is 6.92 Å². The predicted molar refractivity (Wildman–Crippen MR) is 67.3 cm³/mol. The van der Waals surface area contributed by atoms with Gasteiger partial charge in [-0.3, -0.25) is 25.0 Å². The molecule has 0 aromatic heterocycles. The van der Waals surface area contributed by atoms with E-state index in [2.05, 4.69) is 0 Å². The molecule has 8 nitrogen and oxygen atoms in total. The van der Waals surface area contributed by atoms with Crippen molar-refractivity contribution < 1.29 is 19.7 Å². The van der Waals surface area contributed by atoms with Gasteiger partial charge in [-0.2, -0.15) is 0 Å². The number of hydrogen-bond donors (Lipinski definition) is 1. The molecular formula is C10H10N2O6S. The van der Waals surface area contributed by atoms with Gasteiger partial charge in [0, 0.05) is 11.8 Å². The number of hydrogen-bond acceptors (Lipinski definition) is 6. The molecule has 1 aromatic carbocycles. The number of benzene rings is 1. The highest BCUT2D eigenvalue weighted by atomic mass is 32.2. The van der Waals surface area contributed by atoms with Gasteiger partial charge in [0.05, 0.1) is 26.7 Å². The summed E-state index contributed by atoms with van der Waals surface area (Å²) in [6.45, 7) is 1.48. The average Bonchev–Trinajstić information content (AvgIpc) is 2.35. The Morgan fingerprint density at radius 3 is 2.47 bits per heavy atom. The number of rotatable bonds is 6. The second kappa shape index (κ2) is 6.14. The third-order valence-corrected chi connectivity index (χ3v) is 3.58. The van der Waals surface area contributed by atoms with Crippen LogP contribution < -0.4 is 0 Å². The van der Waals surface area contributed by atoms with Crippen molar-refractivity contribution in [1.82, 2.24) is 0 Å². The Morgan fingerprint density at radius 1 is 1.37 bits per heavy atom. The van der Waals surface area contributed by atoms with Crippen LogP contribution in [0.15, 0.2) is 23.1 Å². The van der Waals surface area contributed by atoms with Crippen molar-refractivity contribution in [3.63, 3.8) is 0 Å². The normalized spacial score (nSPS) is 11.8. The third kappa shape index (κ3) is 3.91. The molecule has 102 valence electrons. The zero-order valence-corrected chi connectivity index (χ0v) is 10.6. The maximum absolute atomic E-state index is 10.8. The van der Waals surface area contributed by atoms with Gasteiger partial charge in [0.2, 0.25) is 0 Å². The van der Waals surface area contributed by atoms with E-state index in [9.17, 15) is 25.0 Å². The van der Waals surface area contributed by atoms with Crippen molar-refractivity contribution in [1.29, 1.82) is 0 Å². The van der Waals surface area contributed by atoms with Crippen LogP contribution in [0, 0.1) is 26.1 Å². The lowest BCUT2D eigenvalue weighted by Crippen LogP contribution is -2.11. The van der Waals surface area contributed by atoms with Crippen LogP contribution in [0.3, 0.4) is 0 Å². The van der Waals surface area contributed by atoms with Gasteiger partial charge in [0.15, 0.2) is 0 Å². The van der Waals surface area contributed by atoms with Crippen LogP contribution in [0.1, 0.15) is 6.92 Å². The summed E-state index contributed by atoms with van der Waals surface area (Å²) in [5, 5.41) is 30.1. The first kappa shape index (κ1) is 14.9. The molecule has 0 saturated heterocycles. The molecular weight excluding hydrogens is 276 g/mol. The van der Waals surface area contributed by atoms with E-state index >= 15 is 0 Å². The Labute approximate surface area is 111 Å². The molecule has 0 heterocycles. The van der Waals surface area contributed by atoms with Crippen LogP contribution in [-0.2, 0) is 4.79 Å². The summed E-state index contributed by atoms with van der Waals surface area (Å²) >= 11 is 0.987. The Balaban J connectivity index is 2.97. The number of thioether (sulfide) groups is 1. The Morgan fingerprint density at radius 2 is 2.00 bits per heavy atom. The predicted octanol–water partition coefficient (Wildman–Crippen LogP) is 2.32. The van der Waals surface area contributed by atoms with E-state index in [-0.39, 0.29) is 16.3 Å². The Kier molecular flexibility index (Phi) is 4.81. The summed E-state index contributed by atoms with van der Waals surface area (Å²) in [6, 6.07) is 3.28. The number of carboxylic acids is 1. The molecule has 1 rings (SSSR count). The lowest BCUT2D eigenvalue weighted by molar-refractivity contribution is -0.396. The maximum Gasteiger partial charge on any atom is 0.307 e. The lowest BCUT2D eigenvalue weighted by Gasteiger charge is -2.06. The van der Waals surface area contributed by atoms with Gasteiger partial charge in [0.25, 0.3) is 11.4 Å². The number of non-ortho nitro benzene ring substituents is 1. The molecule has 0 aliphatic heterocycles. The Hall–Kier alpha value is -2.16. The SMILES string of the molecule is CC(CSc1ccc([N+](=O)[O-])cc1[N+](=O)[O-])C(=O)O. The fourth-order valence-corrected chi connectivity index (χ4v) is 2.19. The monoisotopic (exact) mass is 286 g/mol. The van der Waals surface area contributed by atoms with Gasteiger partial charge in [0.1, 0.15) is 0 Å². The van der Waals surface area contributed by atoms with Crippen molar-refractivity contribution in [3.05, 3.63) is 38.4 Å². The van der Waals surface area contributed by atoms with Crippen LogP contribution in [-0.4, -0.2) is 26.7 Å². The highest BCUT2D eigenvalue weighted by molar-refractivity contribution is 7.99. The standard InChI is InChI=1S/C10H10N2O6S/c1-6(10(13)14)5-19-9-3-2-7(11(15)16)4-8(9)12(17)18/h2-4,6H,5H2,1H3,(H,13,14). The van der Waals surface area contributed by atoms with E-state index in [0.717, 1.165) is 23.9 Å². The summed E-state index contributed by atoms with van der Waals surface area (Å²) in [4.78, 5) is 30.8. The second-order valence-electron chi connectivity index (χ2n) is 3.72. The molecule has 0 saturated carbocycles. The van der Waals surface area contributed by atoms with Crippen LogP contribution in [0.2, 0.25) is 0 Å². The quantitative estimate of drug-likeness (QED) is 0.483. The summed E-state index contributed by atoms with van der Waals surface area (Å²) in [5.74, 6) is -1.52. The van der Waals surface area contributed by atoms with Crippen molar-refractivity contribution in [2.75, 3.05) is 5.75 Å². The van der Waals surface area contributed by atoms with Crippen LogP contribution in [0.4, 0.5) is 11.4 Å². The minimum absolute atomic E-state index is 0.147. The largest absolute Gasteiger partial charge is 0.481 e. The first-order valence-corrected chi connectivity index (χ1v) is 6.10. The molecule has 1 N–H and O–H groups in total. The van der Waals surface area contributed by atoms with Gasteiger partial charge < -0.3 is 5.11 Å². The van der Waals surface area contributed by atoms with Gasteiger partial charge in [-0.15, -0.1) is 11.8 Å². The molecule has 1 atom stereocenters. The van der Waals surface area contributed by atoms with E-state index in [4.69, 9.17) is 5.11 Å². The number of nitro groups is 2. The molecule has 0 spiro atoms. The van der Waals surface area contributed by atoms with Crippen LogP contribution >= 0.6 is 11.8 Å².